The van der Waals surface area contributed by atoms with Gasteiger partial charge in [0.25, 0.3) is 11.8 Å². The smallest absolute Gasteiger partial charge is 0.255 e. The zero-order chi connectivity index (χ0) is 17.1. The lowest BCUT2D eigenvalue weighted by molar-refractivity contribution is 0.0792. The molecule has 0 bridgehead atoms. The molecule has 0 saturated carbocycles. The van der Waals surface area contributed by atoms with E-state index in [-0.39, 0.29) is 11.8 Å². The minimum atomic E-state index is -0.222. The Balaban J connectivity index is 1.72. The van der Waals surface area contributed by atoms with Crippen molar-refractivity contribution in [1.29, 1.82) is 0 Å². The van der Waals surface area contributed by atoms with E-state index in [0.29, 0.717) is 21.8 Å². The van der Waals surface area contributed by atoms with E-state index >= 15 is 0 Å². The average molecular weight is 343 g/mol. The molecule has 1 heterocycles. The molecule has 1 aliphatic rings. The normalized spacial score (nSPS) is 13.8. The van der Waals surface area contributed by atoms with Crippen LogP contribution in [0.4, 0.5) is 5.69 Å². The number of benzene rings is 2. The van der Waals surface area contributed by atoms with Crippen LogP contribution in [0.3, 0.4) is 0 Å². The van der Waals surface area contributed by atoms with Gasteiger partial charge in [-0.2, -0.15) is 0 Å². The molecule has 2 amide bonds. The van der Waals surface area contributed by atoms with Crippen molar-refractivity contribution in [3.63, 3.8) is 0 Å². The molecule has 2 aromatic carbocycles. The van der Waals surface area contributed by atoms with Gasteiger partial charge in [0.1, 0.15) is 0 Å². The van der Waals surface area contributed by atoms with Gasteiger partial charge in [-0.3, -0.25) is 9.59 Å². The van der Waals surface area contributed by atoms with Crippen molar-refractivity contribution in [2.45, 2.75) is 19.8 Å². The molecule has 4 nitrogen and oxygen atoms in total. The van der Waals surface area contributed by atoms with Crippen LogP contribution in [0.15, 0.2) is 42.5 Å². The summed E-state index contributed by atoms with van der Waals surface area (Å²) in [6, 6.07) is 12.2. The van der Waals surface area contributed by atoms with Gasteiger partial charge in [-0.05, 0) is 61.7 Å². The second-order valence-electron chi connectivity index (χ2n) is 5.94. The zero-order valence-electron chi connectivity index (χ0n) is 13.5. The molecule has 3 rings (SSSR count). The third-order valence-corrected chi connectivity index (χ3v) is 4.71. The summed E-state index contributed by atoms with van der Waals surface area (Å²) in [6.45, 7) is 3.49. The lowest BCUT2D eigenvalue weighted by Gasteiger charge is -2.15. The Kier molecular flexibility index (Phi) is 4.86. The van der Waals surface area contributed by atoms with Gasteiger partial charge in [0.2, 0.25) is 0 Å². The Labute approximate surface area is 146 Å². The number of likely N-dealkylation sites (tertiary alicyclic amines) is 1. The summed E-state index contributed by atoms with van der Waals surface area (Å²) in [5, 5.41) is 3.46. The van der Waals surface area contributed by atoms with Gasteiger partial charge in [0, 0.05) is 34.9 Å². The summed E-state index contributed by atoms with van der Waals surface area (Å²) in [6.07, 6.45) is 2.12. The van der Waals surface area contributed by atoms with Gasteiger partial charge in [0.15, 0.2) is 0 Å². The van der Waals surface area contributed by atoms with E-state index in [9.17, 15) is 9.59 Å². The maximum atomic E-state index is 12.4. The molecule has 0 unspecified atom stereocenters. The number of nitrogens with zero attached hydrogens (tertiary/aromatic N) is 1. The Hall–Kier alpha value is -2.33. The first-order chi connectivity index (χ1) is 11.6. The molecule has 24 heavy (non-hydrogen) atoms. The van der Waals surface area contributed by atoms with E-state index < -0.39 is 0 Å². The van der Waals surface area contributed by atoms with Crippen LogP contribution >= 0.6 is 11.6 Å². The lowest BCUT2D eigenvalue weighted by Crippen LogP contribution is -2.27. The largest absolute Gasteiger partial charge is 0.339 e. The topological polar surface area (TPSA) is 49.4 Å². The van der Waals surface area contributed by atoms with Crippen molar-refractivity contribution >= 4 is 29.1 Å². The summed E-state index contributed by atoms with van der Waals surface area (Å²) < 4.78 is 0. The third-order valence-electron chi connectivity index (χ3n) is 4.30. The molecule has 1 N–H and O–H groups in total. The Morgan fingerprint density at radius 3 is 2.29 bits per heavy atom. The number of hydrogen-bond acceptors (Lipinski definition) is 2. The molecule has 0 spiro atoms. The number of rotatable bonds is 3. The molecule has 0 atom stereocenters. The highest BCUT2D eigenvalue weighted by Crippen LogP contribution is 2.23. The van der Waals surface area contributed by atoms with Gasteiger partial charge in [-0.15, -0.1) is 0 Å². The van der Waals surface area contributed by atoms with Crippen molar-refractivity contribution in [3.05, 3.63) is 64.2 Å². The summed E-state index contributed by atoms with van der Waals surface area (Å²) >= 11 is 6.07. The van der Waals surface area contributed by atoms with Crippen molar-refractivity contribution in [2.24, 2.45) is 0 Å². The minimum Gasteiger partial charge on any atom is -0.339 e. The van der Waals surface area contributed by atoms with Gasteiger partial charge in [-0.1, -0.05) is 17.7 Å². The van der Waals surface area contributed by atoms with E-state index in [0.717, 1.165) is 31.5 Å². The van der Waals surface area contributed by atoms with Crippen LogP contribution in [-0.2, 0) is 0 Å². The molecule has 1 aliphatic heterocycles. The number of halogens is 1. The summed E-state index contributed by atoms with van der Waals surface area (Å²) in [5.74, 6) is -0.189. The molecule has 0 aliphatic carbocycles. The first-order valence-corrected chi connectivity index (χ1v) is 8.40. The first-order valence-electron chi connectivity index (χ1n) is 8.02. The Morgan fingerprint density at radius 1 is 1.00 bits per heavy atom. The fourth-order valence-corrected chi connectivity index (χ4v) is 2.98. The van der Waals surface area contributed by atoms with E-state index in [1.807, 2.05) is 17.9 Å². The fourth-order valence-electron chi connectivity index (χ4n) is 2.80. The van der Waals surface area contributed by atoms with Crippen LogP contribution in [0.2, 0.25) is 5.02 Å². The predicted molar refractivity (Wildman–Crippen MR) is 95.7 cm³/mol. The molecular formula is C19H19ClN2O2. The van der Waals surface area contributed by atoms with E-state index in [4.69, 9.17) is 11.6 Å². The van der Waals surface area contributed by atoms with Crippen molar-refractivity contribution in [3.8, 4) is 0 Å². The van der Waals surface area contributed by atoms with Gasteiger partial charge in [0.05, 0.1) is 0 Å². The molecule has 124 valence electrons. The Morgan fingerprint density at radius 2 is 1.62 bits per heavy atom. The van der Waals surface area contributed by atoms with Crippen LogP contribution in [0.1, 0.15) is 39.1 Å². The number of nitrogens with one attached hydrogen (secondary N) is 1. The number of hydrogen-bond donors (Lipinski definition) is 1. The number of anilines is 1. The van der Waals surface area contributed by atoms with Gasteiger partial charge < -0.3 is 10.2 Å². The lowest BCUT2D eigenvalue weighted by atomic mass is 10.1. The highest BCUT2D eigenvalue weighted by molar-refractivity contribution is 6.31. The predicted octanol–water partition coefficient (Wildman–Crippen LogP) is 4.14. The second kappa shape index (κ2) is 7.05. The quantitative estimate of drug-likeness (QED) is 0.911. The van der Waals surface area contributed by atoms with Crippen LogP contribution < -0.4 is 5.32 Å². The molecule has 2 aromatic rings. The third kappa shape index (κ3) is 3.44. The molecule has 0 aromatic heterocycles. The summed E-state index contributed by atoms with van der Waals surface area (Å²) in [5.41, 5.74) is 2.64. The maximum Gasteiger partial charge on any atom is 0.255 e. The maximum absolute atomic E-state index is 12.4. The molecule has 1 fully saturated rings. The number of carbonyl (C=O) groups is 2. The molecule has 5 heteroatoms. The minimum absolute atomic E-state index is 0.0325. The van der Waals surface area contributed by atoms with Crippen LogP contribution in [0.5, 0.6) is 0 Å². The monoisotopic (exact) mass is 342 g/mol. The average Bonchev–Trinajstić information content (AvgIpc) is 3.13. The first kappa shape index (κ1) is 16.5. The van der Waals surface area contributed by atoms with E-state index in [2.05, 4.69) is 5.32 Å². The van der Waals surface area contributed by atoms with Crippen LogP contribution in [0, 0.1) is 6.92 Å². The highest BCUT2D eigenvalue weighted by Gasteiger charge is 2.19. The van der Waals surface area contributed by atoms with Gasteiger partial charge in [-0.25, -0.2) is 0 Å². The highest BCUT2D eigenvalue weighted by atomic mass is 35.5. The van der Waals surface area contributed by atoms with Gasteiger partial charge >= 0.3 is 0 Å². The van der Waals surface area contributed by atoms with E-state index in [1.165, 1.54) is 0 Å². The van der Waals surface area contributed by atoms with Crippen LogP contribution in [0.25, 0.3) is 0 Å². The molecule has 1 saturated heterocycles. The van der Waals surface area contributed by atoms with Crippen LogP contribution in [-0.4, -0.2) is 29.8 Å². The molecular weight excluding hydrogens is 324 g/mol. The Bertz CT molecular complexity index is 765. The summed E-state index contributed by atoms with van der Waals surface area (Å²) in [4.78, 5) is 26.5. The standard InChI is InChI=1S/C19H19ClN2O2/c1-13-16(20)5-4-6-17(13)21-18(23)14-7-9-15(10-8-14)19(24)22-11-2-3-12-22/h4-10H,2-3,11-12H2,1H3,(H,21,23). The van der Waals surface area contributed by atoms with Crippen molar-refractivity contribution in [2.75, 3.05) is 18.4 Å². The van der Waals surface area contributed by atoms with E-state index in [1.54, 1.807) is 36.4 Å². The summed E-state index contributed by atoms with van der Waals surface area (Å²) in [7, 11) is 0. The SMILES string of the molecule is Cc1c(Cl)cccc1NC(=O)c1ccc(C(=O)N2CCCC2)cc1. The number of amides is 2. The second-order valence-corrected chi connectivity index (χ2v) is 6.35. The molecule has 0 radical (unpaired) electrons. The number of carbonyl (C=O) groups excluding carboxylic acids is 2. The van der Waals surface area contributed by atoms with Crippen molar-refractivity contribution < 1.29 is 9.59 Å². The zero-order valence-corrected chi connectivity index (χ0v) is 14.3. The fraction of sp³-hybridized carbons (Fsp3) is 0.263. The van der Waals surface area contributed by atoms with Crippen molar-refractivity contribution in [1.82, 2.24) is 4.90 Å².